The molecule has 47 heavy (non-hydrogen) atoms. The fraction of sp³-hybridized carbons (Fsp3) is 0.436. The van der Waals surface area contributed by atoms with E-state index in [1.807, 2.05) is 45.0 Å². The molecule has 1 N–H and O–H groups in total. The Morgan fingerprint density at radius 1 is 0.979 bits per heavy atom. The van der Waals surface area contributed by atoms with E-state index >= 15 is 0 Å². The van der Waals surface area contributed by atoms with E-state index in [1.54, 1.807) is 0 Å². The predicted octanol–water partition coefficient (Wildman–Crippen LogP) is 7.93. The summed E-state index contributed by atoms with van der Waals surface area (Å²) >= 11 is 0. The Balaban J connectivity index is 1.45. The van der Waals surface area contributed by atoms with Gasteiger partial charge < -0.3 is 24.1 Å². The van der Waals surface area contributed by atoms with Crippen LogP contribution < -0.4 is 10.1 Å². The first-order chi connectivity index (χ1) is 22.7. The van der Waals surface area contributed by atoms with Crippen molar-refractivity contribution in [2.24, 2.45) is 0 Å². The molecule has 0 unspecified atom stereocenters. The van der Waals surface area contributed by atoms with Gasteiger partial charge in [-0.15, -0.1) is 0 Å². The molecule has 1 atom stereocenters. The Bertz CT molecular complexity index is 1700. The van der Waals surface area contributed by atoms with Crippen molar-refractivity contribution in [2.75, 3.05) is 26.8 Å². The number of rotatable bonds is 8. The van der Waals surface area contributed by atoms with Gasteiger partial charge in [0.1, 0.15) is 18.0 Å². The fourth-order valence-corrected chi connectivity index (χ4v) is 7.19. The van der Waals surface area contributed by atoms with Crippen molar-refractivity contribution in [3.05, 3.63) is 89.5 Å². The zero-order chi connectivity index (χ0) is 33.0. The van der Waals surface area contributed by atoms with Crippen molar-refractivity contribution in [3.63, 3.8) is 0 Å². The quantitative estimate of drug-likeness (QED) is 0.198. The number of hydrogen-bond acceptors (Lipinski definition) is 6. The minimum absolute atomic E-state index is 0.0423. The van der Waals surface area contributed by atoms with Crippen LogP contribution in [0, 0.1) is 0 Å². The fourth-order valence-electron chi connectivity index (χ4n) is 7.19. The van der Waals surface area contributed by atoms with Crippen LogP contribution in [0.4, 0.5) is 4.79 Å². The first-order valence-electron chi connectivity index (χ1n) is 16.9. The summed E-state index contributed by atoms with van der Waals surface area (Å²) in [5.41, 5.74) is 5.82. The Morgan fingerprint density at radius 3 is 2.47 bits per heavy atom. The number of alkyl carbamates (subject to hydrolysis) is 1. The maximum atomic E-state index is 12.8. The molecule has 2 aliphatic rings. The lowest BCUT2D eigenvalue weighted by Gasteiger charge is -2.35. The number of para-hydroxylation sites is 1. The van der Waals surface area contributed by atoms with E-state index in [-0.39, 0.29) is 12.0 Å². The molecule has 0 bridgehead atoms. The highest BCUT2D eigenvalue weighted by Crippen LogP contribution is 2.47. The normalized spacial score (nSPS) is 16.8. The zero-order valence-electron chi connectivity index (χ0n) is 28.1. The highest BCUT2D eigenvalue weighted by atomic mass is 16.6. The van der Waals surface area contributed by atoms with Crippen LogP contribution in [0.5, 0.6) is 5.75 Å². The third-order valence-electron chi connectivity index (χ3n) is 9.32. The van der Waals surface area contributed by atoms with Gasteiger partial charge in [0, 0.05) is 42.6 Å². The molecule has 4 aromatic rings. The molecule has 1 aliphatic carbocycles. The molecule has 2 heterocycles. The lowest BCUT2D eigenvalue weighted by molar-refractivity contribution is 0.0508. The Morgan fingerprint density at radius 2 is 1.72 bits per heavy atom. The predicted molar refractivity (Wildman–Crippen MR) is 185 cm³/mol. The molecular formula is C39H47N3O5. The van der Waals surface area contributed by atoms with Crippen molar-refractivity contribution in [3.8, 4) is 17.0 Å². The molecule has 0 spiro atoms. The van der Waals surface area contributed by atoms with E-state index in [9.17, 15) is 9.59 Å². The van der Waals surface area contributed by atoms with Gasteiger partial charge in [0.2, 0.25) is 0 Å². The van der Waals surface area contributed by atoms with Gasteiger partial charge in [-0.1, -0.05) is 67.8 Å². The summed E-state index contributed by atoms with van der Waals surface area (Å²) < 4.78 is 19.8. The minimum atomic E-state index is -0.570. The van der Waals surface area contributed by atoms with Gasteiger partial charge in [0.05, 0.1) is 24.4 Å². The SMILES string of the molecule is COC(=O)c1ccc2c(C3CCCCC3)c3n(c2c1)C[C@@H](N(CCNC(=O)OC(C)(C)C)Cc1ccccc1)COc1ccccc1-3. The number of carbonyl (C=O) groups is 2. The number of hydrogen-bond donors (Lipinski definition) is 1. The summed E-state index contributed by atoms with van der Waals surface area (Å²) in [5.74, 6) is 0.945. The number of amides is 1. The summed E-state index contributed by atoms with van der Waals surface area (Å²) in [4.78, 5) is 27.7. The third kappa shape index (κ3) is 7.49. The number of esters is 1. The molecule has 1 aromatic heterocycles. The molecule has 0 saturated heterocycles. The molecule has 3 aromatic carbocycles. The molecule has 1 amide bonds. The van der Waals surface area contributed by atoms with Crippen LogP contribution in [0.3, 0.4) is 0 Å². The van der Waals surface area contributed by atoms with E-state index in [1.165, 1.54) is 48.6 Å². The van der Waals surface area contributed by atoms with E-state index < -0.39 is 11.7 Å². The topological polar surface area (TPSA) is 82.0 Å². The first kappa shape index (κ1) is 32.6. The molecular weight excluding hydrogens is 590 g/mol. The Labute approximate surface area is 278 Å². The summed E-state index contributed by atoms with van der Waals surface area (Å²) in [7, 11) is 1.43. The van der Waals surface area contributed by atoms with Crippen LogP contribution in [0.2, 0.25) is 0 Å². The molecule has 6 rings (SSSR count). The van der Waals surface area contributed by atoms with Crippen LogP contribution in [0.25, 0.3) is 22.2 Å². The van der Waals surface area contributed by atoms with Crippen LogP contribution in [-0.4, -0.2) is 60.0 Å². The molecule has 1 aliphatic heterocycles. The van der Waals surface area contributed by atoms with E-state index in [2.05, 4.69) is 63.3 Å². The number of benzene rings is 3. The van der Waals surface area contributed by atoms with E-state index in [0.29, 0.717) is 44.3 Å². The number of fused-ring (bicyclic) bond motifs is 5. The largest absolute Gasteiger partial charge is 0.491 e. The maximum absolute atomic E-state index is 12.8. The third-order valence-corrected chi connectivity index (χ3v) is 9.32. The lowest BCUT2D eigenvalue weighted by atomic mass is 9.81. The standard InChI is InChI=1S/C39H47N3O5/c1-39(2,3)47-38(44)40-21-22-41(24-27-13-7-5-8-14-27)30-25-42-33-23-29(37(43)45-4)19-20-31(33)35(28-15-9-6-10-16-28)36(42)32-17-11-12-18-34(32)46-26-30/h5,7-8,11-14,17-20,23,28,30H,6,9-10,15-16,21-22,24-26H2,1-4H3,(H,40,44)/t30-/m1/s1. The highest BCUT2D eigenvalue weighted by molar-refractivity contribution is 5.99. The van der Waals surface area contributed by atoms with Crippen molar-refractivity contribution in [1.82, 2.24) is 14.8 Å². The second-order valence-electron chi connectivity index (χ2n) is 13.8. The van der Waals surface area contributed by atoms with Crippen LogP contribution in [0.15, 0.2) is 72.8 Å². The Kier molecular flexibility index (Phi) is 9.87. The van der Waals surface area contributed by atoms with Gasteiger partial charge in [0.25, 0.3) is 0 Å². The Hall–Kier alpha value is -4.30. The molecule has 248 valence electrons. The monoisotopic (exact) mass is 637 g/mol. The minimum Gasteiger partial charge on any atom is -0.491 e. The average molecular weight is 638 g/mol. The van der Waals surface area contributed by atoms with Crippen molar-refractivity contribution < 1.29 is 23.8 Å². The molecule has 1 saturated carbocycles. The number of nitrogens with zero attached hydrogens (tertiary/aromatic N) is 2. The molecule has 8 heteroatoms. The van der Waals surface area contributed by atoms with Crippen molar-refractivity contribution in [1.29, 1.82) is 0 Å². The van der Waals surface area contributed by atoms with E-state index in [0.717, 1.165) is 29.7 Å². The summed E-state index contributed by atoms with van der Waals surface area (Å²) in [6, 6.07) is 24.7. The number of methoxy groups -OCH3 is 1. The summed E-state index contributed by atoms with van der Waals surface area (Å²) in [6.45, 7) is 8.42. The second kappa shape index (κ2) is 14.2. The second-order valence-corrected chi connectivity index (χ2v) is 13.8. The highest BCUT2D eigenvalue weighted by Gasteiger charge is 2.32. The number of aromatic nitrogens is 1. The van der Waals surface area contributed by atoms with Gasteiger partial charge in [-0.05, 0) is 74.9 Å². The smallest absolute Gasteiger partial charge is 0.407 e. The van der Waals surface area contributed by atoms with Gasteiger partial charge in [-0.3, -0.25) is 4.90 Å². The maximum Gasteiger partial charge on any atom is 0.407 e. The van der Waals surface area contributed by atoms with Crippen LogP contribution in [-0.2, 0) is 22.6 Å². The molecule has 8 nitrogen and oxygen atoms in total. The van der Waals surface area contributed by atoms with E-state index in [4.69, 9.17) is 14.2 Å². The molecule has 1 fully saturated rings. The van der Waals surface area contributed by atoms with Gasteiger partial charge in [0.15, 0.2) is 0 Å². The zero-order valence-corrected chi connectivity index (χ0v) is 28.1. The number of ether oxygens (including phenoxy) is 3. The average Bonchev–Trinajstić information content (AvgIpc) is 3.37. The van der Waals surface area contributed by atoms with Gasteiger partial charge in [-0.25, -0.2) is 9.59 Å². The van der Waals surface area contributed by atoms with Crippen molar-refractivity contribution in [2.45, 2.75) is 83.5 Å². The van der Waals surface area contributed by atoms with Gasteiger partial charge >= 0.3 is 12.1 Å². The molecule has 0 radical (unpaired) electrons. The van der Waals surface area contributed by atoms with Crippen LogP contribution >= 0.6 is 0 Å². The van der Waals surface area contributed by atoms with Crippen LogP contribution in [0.1, 0.15) is 80.3 Å². The van der Waals surface area contributed by atoms with Gasteiger partial charge in [-0.2, -0.15) is 0 Å². The number of nitrogens with one attached hydrogen (secondary N) is 1. The lowest BCUT2D eigenvalue weighted by Crippen LogP contribution is -2.46. The summed E-state index contributed by atoms with van der Waals surface area (Å²) in [5, 5.41) is 4.15. The number of carbonyl (C=O) groups excluding carboxylic acids is 2. The first-order valence-corrected chi connectivity index (χ1v) is 16.9. The van der Waals surface area contributed by atoms with Crippen molar-refractivity contribution >= 4 is 23.0 Å². The summed E-state index contributed by atoms with van der Waals surface area (Å²) in [6.07, 6.45) is 5.57.